The van der Waals surface area contributed by atoms with Crippen molar-refractivity contribution in [1.82, 2.24) is 14.1 Å². The molecule has 2 aromatic carbocycles. The Hall–Kier alpha value is -2.86. The lowest BCUT2D eigenvalue weighted by molar-refractivity contribution is 0.943. The monoisotopic (exact) mass is 421 g/mol. The average molecular weight is 422 g/mol. The first-order valence-corrected chi connectivity index (χ1v) is 9.49. The molecule has 0 fully saturated rings. The molecular weight excluding hydrogens is 402 g/mol. The predicted molar refractivity (Wildman–Crippen MR) is 115 cm³/mol. The van der Waals surface area contributed by atoms with Gasteiger partial charge in [0, 0.05) is 34.2 Å². The fraction of sp³-hybridized carbons (Fsp3) is 0.143. The van der Waals surface area contributed by atoms with Crippen molar-refractivity contribution in [3.63, 3.8) is 0 Å². The third-order valence-electron chi connectivity index (χ3n) is 4.71. The van der Waals surface area contributed by atoms with Gasteiger partial charge in [-0.2, -0.15) is 5.10 Å². The van der Waals surface area contributed by atoms with Gasteiger partial charge in [0.25, 0.3) is 0 Å². The molecule has 1 N–H and O–H groups in total. The van der Waals surface area contributed by atoms with Crippen LogP contribution in [0.4, 0.5) is 5.95 Å². The van der Waals surface area contributed by atoms with Gasteiger partial charge >= 0.3 is 0 Å². The number of imidazole rings is 1. The van der Waals surface area contributed by atoms with Gasteiger partial charge in [-0.1, -0.05) is 28.1 Å². The highest BCUT2D eigenvalue weighted by Gasteiger charge is 2.10. The molecule has 2 heterocycles. The standard InChI is InChI=1S/C21H20BrN5/c1-14-12-16(15(2)27(14)18-10-8-17(22)9-11-18)13-23-25-21-24-19-6-4-5-7-20(19)26(21)3/h4-13H,1-3H3,(H,24,25)/b23-13-. The van der Waals surface area contributed by atoms with Crippen LogP contribution < -0.4 is 5.43 Å². The van der Waals surface area contributed by atoms with E-state index >= 15 is 0 Å². The zero-order valence-electron chi connectivity index (χ0n) is 15.4. The summed E-state index contributed by atoms with van der Waals surface area (Å²) in [4.78, 5) is 4.57. The number of hydrogen-bond acceptors (Lipinski definition) is 3. The van der Waals surface area contributed by atoms with Crippen LogP contribution in [0.3, 0.4) is 0 Å². The first kappa shape index (κ1) is 17.5. The van der Waals surface area contributed by atoms with Crippen molar-refractivity contribution in [3.8, 4) is 5.69 Å². The molecule has 4 aromatic rings. The van der Waals surface area contributed by atoms with Crippen molar-refractivity contribution in [3.05, 3.63) is 76.0 Å². The van der Waals surface area contributed by atoms with Gasteiger partial charge in [-0.25, -0.2) is 10.4 Å². The van der Waals surface area contributed by atoms with Crippen molar-refractivity contribution >= 4 is 39.1 Å². The maximum atomic E-state index is 4.57. The SMILES string of the molecule is Cc1cc(/C=N\Nc2nc3ccccc3n2C)c(C)n1-c1ccc(Br)cc1. The van der Waals surface area contributed by atoms with E-state index < -0.39 is 0 Å². The summed E-state index contributed by atoms with van der Waals surface area (Å²) in [6.45, 7) is 4.21. The summed E-state index contributed by atoms with van der Waals surface area (Å²) in [6.07, 6.45) is 1.84. The summed E-state index contributed by atoms with van der Waals surface area (Å²) in [5.41, 5.74) is 9.60. The average Bonchev–Trinajstić information content (AvgIpc) is 3.13. The molecular formula is C21H20BrN5. The quantitative estimate of drug-likeness (QED) is 0.364. The summed E-state index contributed by atoms with van der Waals surface area (Å²) >= 11 is 3.49. The smallest absolute Gasteiger partial charge is 0.224 e. The first-order chi connectivity index (χ1) is 13.0. The van der Waals surface area contributed by atoms with Gasteiger partial charge in [-0.15, -0.1) is 0 Å². The molecule has 0 atom stereocenters. The van der Waals surface area contributed by atoms with E-state index in [-0.39, 0.29) is 0 Å². The summed E-state index contributed by atoms with van der Waals surface area (Å²) in [5, 5.41) is 4.41. The zero-order valence-corrected chi connectivity index (χ0v) is 17.0. The number of aryl methyl sites for hydroxylation is 2. The number of aromatic nitrogens is 3. The summed E-state index contributed by atoms with van der Waals surface area (Å²) < 4.78 is 5.29. The zero-order chi connectivity index (χ0) is 19.0. The Labute approximate surface area is 166 Å². The second kappa shape index (κ2) is 7.04. The van der Waals surface area contributed by atoms with Gasteiger partial charge in [0.05, 0.1) is 17.2 Å². The second-order valence-electron chi connectivity index (χ2n) is 6.49. The fourth-order valence-electron chi connectivity index (χ4n) is 3.31. The Kier molecular flexibility index (Phi) is 4.58. The summed E-state index contributed by atoms with van der Waals surface area (Å²) in [6, 6.07) is 18.5. The van der Waals surface area contributed by atoms with Crippen molar-refractivity contribution in [2.45, 2.75) is 13.8 Å². The van der Waals surface area contributed by atoms with Gasteiger partial charge in [0.2, 0.25) is 5.95 Å². The maximum Gasteiger partial charge on any atom is 0.224 e. The van der Waals surface area contributed by atoms with Gasteiger partial charge in [-0.05, 0) is 56.3 Å². The minimum Gasteiger partial charge on any atom is -0.318 e. The predicted octanol–water partition coefficient (Wildman–Crippen LogP) is 5.19. The van der Waals surface area contributed by atoms with Crippen LogP contribution in [0.25, 0.3) is 16.7 Å². The molecule has 0 radical (unpaired) electrons. The molecule has 0 spiro atoms. The molecule has 0 bridgehead atoms. The number of rotatable bonds is 4. The van der Waals surface area contributed by atoms with Crippen molar-refractivity contribution in [2.75, 3.05) is 5.43 Å². The number of nitrogens with one attached hydrogen (secondary N) is 1. The van der Waals surface area contributed by atoms with Crippen LogP contribution in [0.5, 0.6) is 0 Å². The molecule has 0 aliphatic heterocycles. The van der Waals surface area contributed by atoms with Crippen LogP contribution in [-0.2, 0) is 7.05 Å². The van der Waals surface area contributed by atoms with Gasteiger partial charge in [0.1, 0.15) is 0 Å². The highest BCUT2D eigenvalue weighted by Crippen LogP contribution is 2.22. The summed E-state index contributed by atoms with van der Waals surface area (Å²) in [7, 11) is 1.98. The number of nitrogens with zero attached hydrogens (tertiary/aromatic N) is 4. The van der Waals surface area contributed by atoms with Crippen molar-refractivity contribution < 1.29 is 0 Å². The van der Waals surface area contributed by atoms with Crippen molar-refractivity contribution in [1.29, 1.82) is 0 Å². The number of hydrazone groups is 1. The van der Waals surface area contributed by atoms with E-state index in [1.165, 1.54) is 5.69 Å². The van der Waals surface area contributed by atoms with Gasteiger partial charge in [-0.3, -0.25) is 0 Å². The first-order valence-electron chi connectivity index (χ1n) is 8.70. The number of anilines is 1. The van der Waals surface area contributed by atoms with E-state index in [1.807, 2.05) is 42.1 Å². The lowest BCUT2D eigenvalue weighted by atomic mass is 10.2. The lowest BCUT2D eigenvalue weighted by Crippen LogP contribution is -2.00. The molecule has 0 amide bonds. The van der Waals surface area contributed by atoms with Crippen LogP contribution in [0.2, 0.25) is 0 Å². The van der Waals surface area contributed by atoms with E-state index in [1.54, 1.807) is 0 Å². The molecule has 0 saturated heterocycles. The number of hydrogen-bond donors (Lipinski definition) is 1. The van der Waals surface area contributed by atoms with Crippen LogP contribution in [0.15, 0.2) is 64.2 Å². The Balaban J connectivity index is 1.60. The van der Waals surface area contributed by atoms with Crippen LogP contribution in [0.1, 0.15) is 17.0 Å². The molecule has 27 heavy (non-hydrogen) atoms. The third kappa shape index (κ3) is 3.28. The minimum atomic E-state index is 0.717. The topological polar surface area (TPSA) is 47.1 Å². The van der Waals surface area contributed by atoms with Crippen LogP contribution in [0, 0.1) is 13.8 Å². The molecule has 5 nitrogen and oxygen atoms in total. The second-order valence-corrected chi connectivity index (χ2v) is 7.41. The van der Waals surface area contributed by atoms with Crippen LogP contribution >= 0.6 is 15.9 Å². The van der Waals surface area contributed by atoms with Crippen molar-refractivity contribution in [2.24, 2.45) is 12.1 Å². The highest BCUT2D eigenvalue weighted by molar-refractivity contribution is 9.10. The normalized spacial score (nSPS) is 11.6. The molecule has 0 aliphatic rings. The summed E-state index contributed by atoms with van der Waals surface area (Å²) in [5.74, 6) is 0.717. The van der Waals surface area contributed by atoms with E-state index in [0.29, 0.717) is 5.95 Å². The minimum absolute atomic E-state index is 0.717. The van der Waals surface area contributed by atoms with Gasteiger partial charge < -0.3 is 9.13 Å². The number of para-hydroxylation sites is 2. The molecule has 4 rings (SSSR count). The van der Waals surface area contributed by atoms with E-state index in [9.17, 15) is 0 Å². The molecule has 0 aliphatic carbocycles. The molecule has 6 heteroatoms. The molecule has 2 aromatic heterocycles. The number of benzene rings is 2. The Bertz CT molecular complexity index is 1140. The molecule has 136 valence electrons. The largest absolute Gasteiger partial charge is 0.318 e. The molecule has 0 unspecified atom stereocenters. The number of halogens is 1. The number of fused-ring (bicyclic) bond motifs is 1. The van der Waals surface area contributed by atoms with Gasteiger partial charge in [0.15, 0.2) is 0 Å². The van der Waals surface area contributed by atoms with E-state index in [4.69, 9.17) is 0 Å². The lowest BCUT2D eigenvalue weighted by Gasteiger charge is -2.09. The Morgan fingerprint density at radius 1 is 1.07 bits per heavy atom. The third-order valence-corrected chi connectivity index (χ3v) is 5.24. The highest BCUT2D eigenvalue weighted by atomic mass is 79.9. The fourth-order valence-corrected chi connectivity index (χ4v) is 3.58. The maximum absolute atomic E-state index is 4.57. The van der Waals surface area contributed by atoms with Crippen LogP contribution in [-0.4, -0.2) is 20.3 Å². The van der Waals surface area contributed by atoms with E-state index in [0.717, 1.165) is 32.5 Å². The molecule has 0 saturated carbocycles. The Morgan fingerprint density at radius 2 is 1.81 bits per heavy atom. The van der Waals surface area contributed by atoms with E-state index in [2.05, 4.69) is 80.2 Å². The Morgan fingerprint density at radius 3 is 2.56 bits per heavy atom.